The number of carbonyl (C=O) groups is 2. The summed E-state index contributed by atoms with van der Waals surface area (Å²) in [6.45, 7) is 2.16. The molecule has 4 aromatic rings. The highest BCUT2D eigenvalue weighted by molar-refractivity contribution is 6.34. The first kappa shape index (κ1) is 29.4. The number of hydrogen-bond acceptors (Lipinski definition) is 9. The number of nitrogens with zero attached hydrogens (tertiary/aromatic N) is 5. The molecule has 1 atom stereocenters. The van der Waals surface area contributed by atoms with Crippen LogP contribution < -0.4 is 10.6 Å². The van der Waals surface area contributed by atoms with Gasteiger partial charge >= 0.3 is 11.9 Å². The fraction of sp³-hybridized carbons (Fsp3) is 0.219. The van der Waals surface area contributed by atoms with Gasteiger partial charge in [-0.2, -0.15) is 10.1 Å². The lowest BCUT2D eigenvalue weighted by atomic mass is 9.81. The number of hydrogen-bond donors (Lipinski definition) is 1. The van der Waals surface area contributed by atoms with Crippen molar-refractivity contribution < 1.29 is 19.1 Å². The first-order valence-electron chi connectivity index (χ1n) is 13.6. The molecule has 0 bridgehead atoms. The Morgan fingerprint density at radius 3 is 2.26 bits per heavy atom. The van der Waals surface area contributed by atoms with Gasteiger partial charge in [-0.25, -0.2) is 9.59 Å². The van der Waals surface area contributed by atoms with Gasteiger partial charge in [0.2, 0.25) is 0 Å². The molecule has 3 aromatic carbocycles. The molecule has 5 rings (SSSR count). The van der Waals surface area contributed by atoms with E-state index >= 15 is 0 Å². The van der Waals surface area contributed by atoms with Gasteiger partial charge in [0.1, 0.15) is 22.6 Å². The van der Waals surface area contributed by atoms with E-state index in [1.54, 1.807) is 42.5 Å². The molecule has 0 aliphatic carbocycles. The number of allylic oxidation sites excluding steroid dienone is 1. The predicted octanol–water partition coefficient (Wildman–Crippen LogP) is 5.31. The maximum atomic E-state index is 13.4. The predicted molar refractivity (Wildman–Crippen MR) is 162 cm³/mol. The number of ether oxygens (including phenoxy) is 2. The SMILES string of the molecule is CCCCc1ccc(-n2nc3cc(Cl)c(N4C(N)=C(C#N)C(c5ccccc5)C(C(=O)OC)=C4C(=O)OC)cc3n2)cc1. The highest BCUT2D eigenvalue weighted by atomic mass is 35.5. The van der Waals surface area contributed by atoms with Crippen LogP contribution in [0, 0.1) is 11.3 Å². The lowest BCUT2D eigenvalue weighted by Crippen LogP contribution is -2.40. The smallest absolute Gasteiger partial charge is 0.355 e. The number of halogens is 1. The largest absolute Gasteiger partial charge is 0.466 e. The van der Waals surface area contributed by atoms with E-state index in [9.17, 15) is 14.9 Å². The normalized spacial score (nSPS) is 15.0. The molecular formula is C32H29ClN6O4. The van der Waals surface area contributed by atoms with E-state index in [1.165, 1.54) is 29.5 Å². The zero-order valence-electron chi connectivity index (χ0n) is 23.9. The second-order valence-electron chi connectivity index (χ2n) is 9.89. The van der Waals surface area contributed by atoms with Crippen molar-refractivity contribution in [3.05, 3.63) is 106 Å². The van der Waals surface area contributed by atoms with Crippen LogP contribution in [-0.2, 0) is 25.5 Å². The first-order chi connectivity index (χ1) is 20.8. The van der Waals surface area contributed by atoms with Crippen molar-refractivity contribution >= 4 is 40.3 Å². The van der Waals surface area contributed by atoms with Crippen molar-refractivity contribution in [1.82, 2.24) is 15.0 Å². The summed E-state index contributed by atoms with van der Waals surface area (Å²) in [6, 6.07) is 22.1. The van der Waals surface area contributed by atoms with Crippen LogP contribution in [0.15, 0.2) is 89.4 Å². The molecule has 0 radical (unpaired) electrons. The lowest BCUT2D eigenvalue weighted by molar-refractivity contribution is -0.139. The fourth-order valence-corrected chi connectivity index (χ4v) is 5.40. The standard InChI is InChI=1S/C32H29ClN6O4/c1-4-5-9-19-12-14-21(15-13-19)39-36-24-16-23(33)26(17-25(24)37-39)38-29(32(41)43-3)28(31(40)42-2)27(22(18-34)30(38)35)20-10-7-6-8-11-20/h6-8,10-17,27H,4-5,9,35H2,1-3H3. The molecule has 1 aliphatic rings. The highest BCUT2D eigenvalue weighted by Crippen LogP contribution is 2.45. The van der Waals surface area contributed by atoms with Gasteiger partial charge < -0.3 is 15.2 Å². The highest BCUT2D eigenvalue weighted by Gasteiger charge is 2.43. The van der Waals surface area contributed by atoms with Crippen LogP contribution >= 0.6 is 11.6 Å². The second kappa shape index (κ2) is 12.4. The summed E-state index contributed by atoms with van der Waals surface area (Å²) in [6.07, 6.45) is 3.22. The van der Waals surface area contributed by atoms with Crippen LogP contribution in [0.5, 0.6) is 0 Å². The average molecular weight is 597 g/mol. The lowest BCUT2D eigenvalue weighted by Gasteiger charge is -2.36. The molecule has 0 amide bonds. The van der Waals surface area contributed by atoms with E-state index in [2.05, 4.69) is 23.2 Å². The number of anilines is 1. The number of esters is 2. The molecule has 2 heterocycles. The number of methoxy groups -OCH3 is 2. The van der Waals surface area contributed by atoms with E-state index in [4.69, 9.17) is 26.8 Å². The topological polar surface area (TPSA) is 136 Å². The fourth-order valence-electron chi connectivity index (χ4n) is 5.15. The second-order valence-corrected chi connectivity index (χ2v) is 10.3. The third-order valence-electron chi connectivity index (χ3n) is 7.29. The first-order valence-corrected chi connectivity index (χ1v) is 14.0. The minimum Gasteiger partial charge on any atom is -0.466 e. The molecule has 43 heavy (non-hydrogen) atoms. The van der Waals surface area contributed by atoms with Gasteiger partial charge in [-0.1, -0.05) is 67.4 Å². The molecule has 0 fully saturated rings. The van der Waals surface area contributed by atoms with Crippen LogP contribution in [0.4, 0.5) is 5.69 Å². The average Bonchev–Trinajstić information content (AvgIpc) is 3.45. The Hall–Kier alpha value is -5.14. The van der Waals surface area contributed by atoms with Crippen molar-refractivity contribution in [3.63, 3.8) is 0 Å². The summed E-state index contributed by atoms with van der Waals surface area (Å²) in [5, 5.41) is 19.6. The number of carbonyl (C=O) groups excluding carboxylic acids is 2. The quantitative estimate of drug-likeness (QED) is 0.268. The van der Waals surface area contributed by atoms with Gasteiger partial charge in [-0.3, -0.25) is 4.90 Å². The van der Waals surface area contributed by atoms with Crippen LogP contribution in [0.1, 0.15) is 36.8 Å². The van der Waals surface area contributed by atoms with E-state index in [0.29, 0.717) is 16.6 Å². The maximum Gasteiger partial charge on any atom is 0.355 e. The zero-order chi connectivity index (χ0) is 30.7. The van der Waals surface area contributed by atoms with E-state index < -0.39 is 17.9 Å². The number of aryl methyl sites for hydroxylation is 1. The Kier molecular flexibility index (Phi) is 8.46. The monoisotopic (exact) mass is 596 g/mol. The molecule has 1 aliphatic heterocycles. The number of nitriles is 1. The minimum absolute atomic E-state index is 0.0298. The van der Waals surface area contributed by atoms with Crippen LogP contribution in [0.3, 0.4) is 0 Å². The molecule has 0 saturated heterocycles. The van der Waals surface area contributed by atoms with Gasteiger partial charge in [-0.05, 0) is 48.2 Å². The molecule has 10 nitrogen and oxygen atoms in total. The van der Waals surface area contributed by atoms with Crippen LogP contribution in [-0.4, -0.2) is 41.2 Å². The Balaban J connectivity index is 1.69. The van der Waals surface area contributed by atoms with Crippen LogP contribution in [0.2, 0.25) is 5.02 Å². The number of nitrogens with two attached hydrogens (primary N) is 1. The third kappa shape index (κ3) is 5.43. The molecule has 0 spiro atoms. The van der Waals surface area contributed by atoms with Crippen molar-refractivity contribution in [2.45, 2.75) is 32.1 Å². The van der Waals surface area contributed by atoms with Gasteiger partial charge in [0.05, 0.1) is 53.8 Å². The Bertz CT molecular complexity index is 1810. The van der Waals surface area contributed by atoms with Crippen LogP contribution in [0.25, 0.3) is 16.7 Å². The third-order valence-corrected chi connectivity index (χ3v) is 7.59. The molecule has 218 valence electrons. The van der Waals surface area contributed by atoms with Gasteiger partial charge in [0.25, 0.3) is 0 Å². The van der Waals surface area contributed by atoms with Crippen molar-refractivity contribution in [3.8, 4) is 11.8 Å². The summed E-state index contributed by atoms with van der Waals surface area (Å²) in [5.74, 6) is -2.79. The van der Waals surface area contributed by atoms with E-state index in [1.807, 2.05) is 24.3 Å². The zero-order valence-corrected chi connectivity index (χ0v) is 24.6. The minimum atomic E-state index is -0.993. The van der Waals surface area contributed by atoms with Gasteiger partial charge in [-0.15, -0.1) is 10.2 Å². The number of rotatable bonds is 8. The Labute approximate surface area is 253 Å². The number of aromatic nitrogens is 3. The summed E-state index contributed by atoms with van der Waals surface area (Å²) in [5.41, 5.74) is 9.99. The number of unbranched alkanes of at least 4 members (excludes halogenated alkanes) is 1. The summed E-state index contributed by atoms with van der Waals surface area (Å²) < 4.78 is 10.2. The molecule has 2 N–H and O–H groups in total. The molecule has 1 aromatic heterocycles. The Morgan fingerprint density at radius 1 is 1.00 bits per heavy atom. The molecule has 0 saturated carbocycles. The Morgan fingerprint density at radius 2 is 1.65 bits per heavy atom. The van der Waals surface area contributed by atoms with Crippen molar-refractivity contribution in [2.75, 3.05) is 19.1 Å². The summed E-state index contributed by atoms with van der Waals surface area (Å²) in [7, 11) is 2.38. The molecule has 11 heteroatoms. The van der Waals surface area contributed by atoms with Gasteiger partial charge in [0.15, 0.2) is 0 Å². The van der Waals surface area contributed by atoms with Crippen molar-refractivity contribution in [1.29, 1.82) is 5.26 Å². The van der Waals surface area contributed by atoms with Gasteiger partial charge in [0, 0.05) is 0 Å². The number of fused-ring (bicyclic) bond motifs is 1. The maximum absolute atomic E-state index is 13.4. The summed E-state index contributed by atoms with van der Waals surface area (Å²) >= 11 is 6.77. The number of benzene rings is 3. The molecular weight excluding hydrogens is 568 g/mol. The summed E-state index contributed by atoms with van der Waals surface area (Å²) in [4.78, 5) is 29.5. The van der Waals surface area contributed by atoms with E-state index in [0.717, 1.165) is 24.9 Å². The molecule has 1 unspecified atom stereocenters. The van der Waals surface area contributed by atoms with E-state index in [-0.39, 0.29) is 33.4 Å². The van der Waals surface area contributed by atoms with Crippen molar-refractivity contribution in [2.24, 2.45) is 5.73 Å².